The number of sulfonamides is 1. The first-order chi connectivity index (χ1) is 9.18. The van der Waals surface area contributed by atoms with Crippen LogP contribution in [0.3, 0.4) is 0 Å². The molecule has 1 aromatic rings. The minimum Gasteiger partial charge on any atom is -0.480 e. The Labute approximate surface area is 113 Å². The number of halogens is 2. The van der Waals surface area contributed by atoms with Crippen molar-refractivity contribution in [2.24, 2.45) is 5.73 Å². The van der Waals surface area contributed by atoms with Gasteiger partial charge in [-0.25, -0.2) is 17.2 Å². The van der Waals surface area contributed by atoms with Gasteiger partial charge in [-0.2, -0.15) is 4.31 Å². The van der Waals surface area contributed by atoms with Crippen molar-refractivity contribution in [2.45, 2.75) is 16.9 Å². The molecule has 0 aliphatic carbocycles. The van der Waals surface area contributed by atoms with Gasteiger partial charge in [0.25, 0.3) is 0 Å². The second-order valence-electron chi connectivity index (χ2n) is 4.60. The Kier molecular flexibility index (Phi) is 3.53. The van der Waals surface area contributed by atoms with Crippen molar-refractivity contribution in [3.8, 4) is 0 Å². The summed E-state index contributed by atoms with van der Waals surface area (Å²) in [4.78, 5) is 9.88. The summed E-state index contributed by atoms with van der Waals surface area (Å²) >= 11 is 0. The maximum atomic E-state index is 13.6. The molecule has 1 unspecified atom stereocenters. The summed E-state index contributed by atoms with van der Waals surface area (Å²) in [5, 5.41) is 8.94. The lowest BCUT2D eigenvalue weighted by atomic mass is 10.0. The van der Waals surface area contributed by atoms with Gasteiger partial charge >= 0.3 is 5.97 Å². The number of carboxylic acid groups (broad SMARTS) is 1. The molecule has 0 saturated carbocycles. The molecule has 1 aromatic carbocycles. The lowest BCUT2D eigenvalue weighted by Gasteiger charge is -2.20. The summed E-state index contributed by atoms with van der Waals surface area (Å²) in [6.45, 7) is -0.739. The average molecular weight is 306 g/mol. The number of rotatable bonds is 3. The molecule has 0 bridgehead atoms. The molecule has 3 N–H and O–H groups in total. The molecule has 0 spiro atoms. The Morgan fingerprint density at radius 1 is 1.35 bits per heavy atom. The summed E-state index contributed by atoms with van der Waals surface area (Å²) in [7, 11) is -4.46. The van der Waals surface area contributed by atoms with E-state index < -0.39 is 44.6 Å². The molecule has 20 heavy (non-hydrogen) atoms. The molecule has 1 atom stereocenters. The van der Waals surface area contributed by atoms with Crippen LogP contribution in [0.15, 0.2) is 23.1 Å². The first kappa shape index (κ1) is 14.8. The minimum absolute atomic E-state index is 0.127. The maximum absolute atomic E-state index is 13.6. The molecule has 110 valence electrons. The van der Waals surface area contributed by atoms with Gasteiger partial charge in [0, 0.05) is 13.1 Å². The monoisotopic (exact) mass is 306 g/mol. The van der Waals surface area contributed by atoms with E-state index in [0.717, 1.165) is 18.2 Å². The molecule has 6 nitrogen and oxygen atoms in total. The lowest BCUT2D eigenvalue weighted by Crippen LogP contribution is -2.50. The summed E-state index contributed by atoms with van der Waals surface area (Å²) in [5.74, 6) is -3.81. The van der Waals surface area contributed by atoms with E-state index in [1.807, 2.05) is 0 Å². The number of hydrogen-bond acceptors (Lipinski definition) is 4. The van der Waals surface area contributed by atoms with Crippen LogP contribution in [0.5, 0.6) is 0 Å². The highest BCUT2D eigenvalue weighted by Crippen LogP contribution is 2.28. The molecule has 0 aromatic heterocycles. The van der Waals surface area contributed by atoms with Crippen molar-refractivity contribution in [3.63, 3.8) is 0 Å². The van der Waals surface area contributed by atoms with Gasteiger partial charge in [0.05, 0.1) is 0 Å². The molecule has 0 radical (unpaired) electrons. The number of aliphatic carboxylic acids is 1. The van der Waals surface area contributed by atoms with E-state index in [1.165, 1.54) is 0 Å². The van der Waals surface area contributed by atoms with Gasteiger partial charge < -0.3 is 10.8 Å². The molecular formula is C11H12F2N2O4S. The Hall–Kier alpha value is -1.58. The third kappa shape index (κ3) is 2.28. The van der Waals surface area contributed by atoms with Crippen LogP contribution in [0.1, 0.15) is 6.42 Å². The first-order valence-corrected chi connectivity index (χ1v) is 7.09. The van der Waals surface area contributed by atoms with Gasteiger partial charge in [-0.3, -0.25) is 4.79 Å². The number of nitrogens with zero attached hydrogens (tertiary/aromatic N) is 1. The van der Waals surface area contributed by atoms with Crippen molar-refractivity contribution in [1.82, 2.24) is 4.31 Å². The highest BCUT2D eigenvalue weighted by molar-refractivity contribution is 7.89. The second-order valence-corrected chi connectivity index (χ2v) is 6.48. The van der Waals surface area contributed by atoms with Crippen LogP contribution in [0, 0.1) is 11.6 Å². The Morgan fingerprint density at radius 2 is 1.90 bits per heavy atom. The summed E-state index contributed by atoms with van der Waals surface area (Å²) < 4.78 is 52.2. The Bertz CT molecular complexity index is 644. The van der Waals surface area contributed by atoms with Gasteiger partial charge in [-0.1, -0.05) is 6.07 Å². The Morgan fingerprint density at radius 3 is 2.35 bits per heavy atom. The molecule has 1 saturated heterocycles. The molecule has 0 amide bonds. The second kappa shape index (κ2) is 4.76. The smallest absolute Gasteiger partial charge is 0.325 e. The summed E-state index contributed by atoms with van der Waals surface area (Å²) in [5.41, 5.74) is 3.81. The van der Waals surface area contributed by atoms with Gasteiger partial charge in [0.2, 0.25) is 10.0 Å². The highest BCUT2D eigenvalue weighted by atomic mass is 32.2. The van der Waals surface area contributed by atoms with E-state index in [2.05, 4.69) is 0 Å². The highest BCUT2D eigenvalue weighted by Gasteiger charge is 2.46. The number of carbonyl (C=O) groups is 1. The average Bonchev–Trinajstić information content (AvgIpc) is 2.73. The van der Waals surface area contributed by atoms with Crippen molar-refractivity contribution in [2.75, 3.05) is 13.1 Å². The fraction of sp³-hybridized carbons (Fsp3) is 0.364. The van der Waals surface area contributed by atoms with Crippen LogP contribution < -0.4 is 5.73 Å². The van der Waals surface area contributed by atoms with Crippen LogP contribution >= 0.6 is 0 Å². The summed E-state index contributed by atoms with van der Waals surface area (Å²) in [6, 6.07) is 2.68. The van der Waals surface area contributed by atoms with Crippen molar-refractivity contribution in [1.29, 1.82) is 0 Å². The SMILES string of the molecule is NC1(C(=O)O)CCN(S(=O)(=O)c2c(F)cccc2F)C1. The molecule has 1 fully saturated rings. The van der Waals surface area contributed by atoms with Gasteiger partial charge in [0.15, 0.2) is 4.90 Å². The van der Waals surface area contributed by atoms with Gasteiger partial charge in [-0.15, -0.1) is 0 Å². The van der Waals surface area contributed by atoms with Crippen LogP contribution in [-0.4, -0.2) is 42.4 Å². The lowest BCUT2D eigenvalue weighted by molar-refractivity contribution is -0.142. The standard InChI is InChI=1S/C11H12F2N2O4S/c12-7-2-1-3-8(13)9(7)20(18,19)15-5-4-11(14,6-15)10(16)17/h1-3H,4-6,14H2,(H,16,17). The number of benzene rings is 1. The third-order valence-corrected chi connectivity index (χ3v) is 5.11. The van der Waals surface area contributed by atoms with Crippen LogP contribution in [0.2, 0.25) is 0 Å². The predicted octanol–water partition coefficient (Wildman–Crippen LogP) is 0.141. The maximum Gasteiger partial charge on any atom is 0.325 e. The fourth-order valence-corrected chi connectivity index (χ4v) is 3.65. The number of hydrogen-bond donors (Lipinski definition) is 2. The number of carboxylic acids is 1. The third-order valence-electron chi connectivity index (χ3n) is 3.21. The first-order valence-electron chi connectivity index (χ1n) is 5.65. The van der Waals surface area contributed by atoms with Gasteiger partial charge in [0.1, 0.15) is 17.2 Å². The fourth-order valence-electron chi connectivity index (χ4n) is 2.03. The van der Waals surface area contributed by atoms with Crippen molar-refractivity contribution >= 4 is 16.0 Å². The number of nitrogens with two attached hydrogens (primary N) is 1. The quantitative estimate of drug-likeness (QED) is 0.827. The largest absolute Gasteiger partial charge is 0.480 e. The molecule has 1 heterocycles. The van der Waals surface area contributed by atoms with E-state index in [0.29, 0.717) is 4.31 Å². The molecule has 9 heteroatoms. The zero-order chi connectivity index (χ0) is 15.1. The normalized spacial score (nSPS) is 23.9. The summed E-state index contributed by atoms with van der Waals surface area (Å²) in [6.07, 6.45) is -0.127. The molecular weight excluding hydrogens is 294 g/mol. The van der Waals surface area contributed by atoms with E-state index in [4.69, 9.17) is 10.8 Å². The minimum atomic E-state index is -4.46. The molecule has 2 rings (SSSR count). The van der Waals surface area contributed by atoms with Crippen LogP contribution in [0.25, 0.3) is 0 Å². The predicted molar refractivity (Wildman–Crippen MR) is 64.3 cm³/mol. The van der Waals surface area contributed by atoms with Gasteiger partial charge in [-0.05, 0) is 18.6 Å². The van der Waals surface area contributed by atoms with E-state index in [-0.39, 0.29) is 13.0 Å². The van der Waals surface area contributed by atoms with Crippen LogP contribution in [0.4, 0.5) is 8.78 Å². The van der Waals surface area contributed by atoms with E-state index in [9.17, 15) is 22.0 Å². The van der Waals surface area contributed by atoms with Crippen LogP contribution in [-0.2, 0) is 14.8 Å². The van der Waals surface area contributed by atoms with Crippen molar-refractivity contribution < 1.29 is 27.1 Å². The molecule has 1 aliphatic rings. The zero-order valence-corrected chi connectivity index (χ0v) is 11.0. The Balaban J connectivity index is 2.41. The van der Waals surface area contributed by atoms with E-state index in [1.54, 1.807) is 0 Å². The van der Waals surface area contributed by atoms with E-state index >= 15 is 0 Å². The topological polar surface area (TPSA) is 101 Å². The molecule has 1 aliphatic heterocycles. The van der Waals surface area contributed by atoms with Crippen molar-refractivity contribution in [3.05, 3.63) is 29.8 Å². The zero-order valence-electron chi connectivity index (χ0n) is 10.2.